The monoisotopic (exact) mass is 291 g/mol. The number of amides is 1. The molecule has 0 saturated heterocycles. The van der Waals surface area contributed by atoms with E-state index < -0.39 is 5.97 Å². The summed E-state index contributed by atoms with van der Waals surface area (Å²) in [6, 6.07) is 1.30. The molecule has 104 valence electrons. The van der Waals surface area contributed by atoms with Crippen molar-refractivity contribution in [3.8, 4) is 0 Å². The molecule has 1 aliphatic rings. The van der Waals surface area contributed by atoms with Crippen molar-refractivity contribution in [1.29, 1.82) is 0 Å². The molecule has 3 rings (SSSR count). The Labute approximate surface area is 118 Å². The Morgan fingerprint density at radius 3 is 2.90 bits per heavy atom. The van der Waals surface area contributed by atoms with Gasteiger partial charge in [-0.05, 0) is 31.2 Å². The van der Waals surface area contributed by atoms with Crippen LogP contribution in [-0.2, 0) is 12.8 Å². The van der Waals surface area contributed by atoms with Crippen LogP contribution in [0.2, 0.25) is 0 Å². The molecule has 0 bridgehead atoms. The van der Waals surface area contributed by atoms with Gasteiger partial charge in [0.2, 0.25) is 0 Å². The summed E-state index contributed by atoms with van der Waals surface area (Å²) in [6.07, 6.45) is 4.26. The quantitative estimate of drug-likeness (QED) is 0.808. The highest BCUT2D eigenvalue weighted by molar-refractivity contribution is 7.10. The van der Waals surface area contributed by atoms with E-state index in [2.05, 4.69) is 15.5 Å². The fraction of sp³-hybridized carbons (Fsp3) is 0.308. The maximum absolute atomic E-state index is 12.2. The van der Waals surface area contributed by atoms with Crippen LogP contribution in [-0.4, -0.2) is 27.2 Å². The molecule has 1 aliphatic carbocycles. The largest absolute Gasteiger partial charge is 0.477 e. The Morgan fingerprint density at radius 2 is 2.15 bits per heavy atom. The number of nitrogens with one attached hydrogen (secondary N) is 2. The summed E-state index contributed by atoms with van der Waals surface area (Å²) in [6.45, 7) is 0. The number of rotatable bonds is 3. The van der Waals surface area contributed by atoms with Crippen molar-refractivity contribution in [3.05, 3.63) is 33.1 Å². The van der Waals surface area contributed by atoms with Gasteiger partial charge in [0.25, 0.3) is 5.91 Å². The van der Waals surface area contributed by atoms with Crippen molar-refractivity contribution >= 4 is 29.0 Å². The van der Waals surface area contributed by atoms with Crippen LogP contribution in [0.15, 0.2) is 11.4 Å². The Morgan fingerprint density at radius 1 is 1.35 bits per heavy atom. The lowest BCUT2D eigenvalue weighted by Gasteiger charge is -2.12. The topological polar surface area (TPSA) is 95.1 Å². The smallest absolute Gasteiger partial charge is 0.353 e. The number of carbonyl (C=O) groups excluding carboxylic acids is 1. The maximum atomic E-state index is 12.2. The van der Waals surface area contributed by atoms with Gasteiger partial charge in [0.1, 0.15) is 5.69 Å². The molecule has 0 unspecified atom stereocenters. The molecule has 0 spiro atoms. The van der Waals surface area contributed by atoms with Crippen LogP contribution in [0.1, 0.15) is 44.1 Å². The van der Waals surface area contributed by atoms with E-state index in [9.17, 15) is 9.59 Å². The van der Waals surface area contributed by atoms with Crippen molar-refractivity contribution in [2.45, 2.75) is 25.7 Å². The second kappa shape index (κ2) is 5.09. The fourth-order valence-electron chi connectivity index (χ4n) is 2.36. The zero-order valence-electron chi connectivity index (χ0n) is 10.6. The number of thiophene rings is 1. The molecule has 0 saturated carbocycles. The molecule has 0 atom stereocenters. The number of aryl methyl sites for hydroxylation is 1. The number of carboxylic acids is 1. The molecule has 0 fully saturated rings. The third kappa shape index (κ3) is 2.32. The minimum atomic E-state index is -1.11. The summed E-state index contributed by atoms with van der Waals surface area (Å²) in [5, 5.41) is 19.4. The SMILES string of the molecule is O=C(O)c1cc(NC(=O)c2csc3c2CCCC3)n[nH]1. The van der Waals surface area contributed by atoms with E-state index in [4.69, 9.17) is 5.11 Å². The normalized spacial score (nSPS) is 13.8. The Kier molecular flexibility index (Phi) is 3.27. The van der Waals surface area contributed by atoms with Gasteiger partial charge >= 0.3 is 5.97 Å². The van der Waals surface area contributed by atoms with Crippen molar-refractivity contribution < 1.29 is 14.7 Å². The molecule has 20 heavy (non-hydrogen) atoms. The van der Waals surface area contributed by atoms with Crippen LogP contribution in [0.3, 0.4) is 0 Å². The third-order valence-corrected chi connectivity index (χ3v) is 4.44. The van der Waals surface area contributed by atoms with Crippen molar-refractivity contribution in [2.75, 3.05) is 5.32 Å². The van der Waals surface area contributed by atoms with E-state index in [0.717, 1.165) is 24.8 Å². The first kappa shape index (κ1) is 12.9. The van der Waals surface area contributed by atoms with E-state index in [-0.39, 0.29) is 17.4 Å². The van der Waals surface area contributed by atoms with Gasteiger partial charge in [-0.15, -0.1) is 11.3 Å². The lowest BCUT2D eigenvalue weighted by Crippen LogP contribution is -2.14. The fourth-order valence-corrected chi connectivity index (χ4v) is 3.49. The first-order chi connectivity index (χ1) is 9.65. The van der Waals surface area contributed by atoms with Gasteiger partial charge < -0.3 is 10.4 Å². The van der Waals surface area contributed by atoms with Crippen LogP contribution in [0.4, 0.5) is 5.82 Å². The zero-order valence-corrected chi connectivity index (χ0v) is 11.4. The van der Waals surface area contributed by atoms with E-state index >= 15 is 0 Å². The number of aromatic carboxylic acids is 1. The number of fused-ring (bicyclic) bond motifs is 1. The number of aromatic nitrogens is 2. The lowest BCUT2D eigenvalue weighted by atomic mass is 9.96. The van der Waals surface area contributed by atoms with E-state index in [1.165, 1.54) is 17.4 Å². The van der Waals surface area contributed by atoms with Gasteiger partial charge in [-0.3, -0.25) is 9.89 Å². The molecule has 7 heteroatoms. The van der Waals surface area contributed by atoms with Gasteiger partial charge in [-0.25, -0.2) is 4.79 Å². The number of anilines is 1. The summed E-state index contributed by atoms with van der Waals surface area (Å²) in [5.74, 6) is -1.11. The Balaban J connectivity index is 1.79. The standard InChI is InChI=1S/C13H13N3O3S/c17-12(14-11-5-9(13(18)19)15-16-11)8-6-20-10-4-2-1-3-7(8)10/h5-6H,1-4H2,(H,18,19)(H2,14,15,16,17). The van der Waals surface area contributed by atoms with Crippen molar-refractivity contribution in [1.82, 2.24) is 10.2 Å². The molecule has 2 aromatic heterocycles. The average Bonchev–Trinajstić information content (AvgIpc) is 3.04. The second-order valence-corrected chi connectivity index (χ2v) is 5.65. The number of aromatic amines is 1. The number of carboxylic acid groups (broad SMARTS) is 1. The van der Waals surface area contributed by atoms with Gasteiger partial charge in [0.15, 0.2) is 5.82 Å². The molecule has 0 aromatic carbocycles. The predicted molar refractivity (Wildman–Crippen MR) is 74.5 cm³/mol. The molecule has 1 amide bonds. The first-order valence-corrected chi connectivity index (χ1v) is 7.22. The number of H-pyrrole nitrogens is 1. The van der Waals surface area contributed by atoms with Crippen LogP contribution < -0.4 is 5.32 Å². The molecule has 6 nitrogen and oxygen atoms in total. The average molecular weight is 291 g/mol. The molecule has 2 aromatic rings. The Bertz CT molecular complexity index is 674. The highest BCUT2D eigenvalue weighted by Crippen LogP contribution is 2.30. The van der Waals surface area contributed by atoms with Crippen LogP contribution in [0.5, 0.6) is 0 Å². The van der Waals surface area contributed by atoms with Crippen molar-refractivity contribution in [3.63, 3.8) is 0 Å². The summed E-state index contributed by atoms with van der Waals surface area (Å²) >= 11 is 1.62. The highest BCUT2D eigenvalue weighted by atomic mass is 32.1. The summed E-state index contributed by atoms with van der Waals surface area (Å²) in [4.78, 5) is 24.2. The molecular formula is C13H13N3O3S. The third-order valence-electron chi connectivity index (χ3n) is 3.36. The van der Waals surface area contributed by atoms with Crippen LogP contribution >= 0.6 is 11.3 Å². The first-order valence-electron chi connectivity index (χ1n) is 6.34. The minimum Gasteiger partial charge on any atom is -0.477 e. The molecule has 2 heterocycles. The number of nitrogens with zero attached hydrogens (tertiary/aromatic N) is 1. The predicted octanol–water partition coefficient (Wildman–Crippen LogP) is 2.30. The molecule has 0 aliphatic heterocycles. The Hall–Kier alpha value is -2.15. The summed E-state index contributed by atoms with van der Waals surface area (Å²) in [5.41, 5.74) is 1.77. The van der Waals surface area contributed by atoms with E-state index in [1.54, 1.807) is 11.3 Å². The van der Waals surface area contributed by atoms with Crippen LogP contribution in [0, 0.1) is 0 Å². The molecular weight excluding hydrogens is 278 g/mol. The van der Waals surface area contributed by atoms with E-state index in [1.807, 2.05) is 5.38 Å². The lowest BCUT2D eigenvalue weighted by molar-refractivity contribution is 0.0690. The summed E-state index contributed by atoms with van der Waals surface area (Å²) in [7, 11) is 0. The maximum Gasteiger partial charge on any atom is 0.353 e. The van der Waals surface area contributed by atoms with Crippen molar-refractivity contribution in [2.24, 2.45) is 0 Å². The van der Waals surface area contributed by atoms with Gasteiger partial charge in [-0.1, -0.05) is 0 Å². The highest BCUT2D eigenvalue weighted by Gasteiger charge is 2.20. The summed E-state index contributed by atoms with van der Waals surface area (Å²) < 4.78 is 0. The second-order valence-electron chi connectivity index (χ2n) is 4.68. The zero-order chi connectivity index (χ0) is 14.1. The molecule has 0 radical (unpaired) electrons. The van der Waals surface area contributed by atoms with E-state index in [0.29, 0.717) is 5.56 Å². The van der Waals surface area contributed by atoms with Gasteiger partial charge in [0, 0.05) is 16.3 Å². The number of carbonyl (C=O) groups is 2. The van der Waals surface area contributed by atoms with Crippen LogP contribution in [0.25, 0.3) is 0 Å². The van der Waals surface area contributed by atoms with Gasteiger partial charge in [-0.2, -0.15) is 5.10 Å². The van der Waals surface area contributed by atoms with Gasteiger partial charge in [0.05, 0.1) is 5.56 Å². The number of hydrogen-bond acceptors (Lipinski definition) is 4. The minimum absolute atomic E-state index is 0.0485. The molecule has 3 N–H and O–H groups in total. The number of hydrogen-bond donors (Lipinski definition) is 3.